The van der Waals surface area contributed by atoms with E-state index in [9.17, 15) is 9.18 Å². The second kappa shape index (κ2) is 6.78. The second-order valence-electron chi connectivity index (χ2n) is 4.91. The van der Waals surface area contributed by atoms with E-state index < -0.39 is 0 Å². The van der Waals surface area contributed by atoms with Gasteiger partial charge in [0.2, 0.25) is 0 Å². The van der Waals surface area contributed by atoms with Crippen molar-refractivity contribution < 1.29 is 9.18 Å². The summed E-state index contributed by atoms with van der Waals surface area (Å²) in [5.74, 6) is 0.0436. The van der Waals surface area contributed by atoms with Gasteiger partial charge in [0.15, 0.2) is 5.69 Å². The Morgan fingerprint density at radius 3 is 2.43 bits per heavy atom. The zero-order valence-corrected chi connectivity index (χ0v) is 11.9. The van der Waals surface area contributed by atoms with Gasteiger partial charge in [0.25, 0.3) is 5.91 Å². The molecule has 110 valence electrons. The largest absolute Gasteiger partial charge is 0.365 e. The van der Waals surface area contributed by atoms with Gasteiger partial charge in [-0.15, -0.1) is 10.2 Å². The molecule has 21 heavy (non-hydrogen) atoms. The van der Waals surface area contributed by atoms with Crippen LogP contribution < -0.4 is 10.6 Å². The lowest BCUT2D eigenvalue weighted by Crippen LogP contribution is -2.30. The summed E-state index contributed by atoms with van der Waals surface area (Å²) in [6.07, 6.45) is 0. The topological polar surface area (TPSA) is 66.9 Å². The van der Waals surface area contributed by atoms with E-state index in [1.807, 2.05) is 13.8 Å². The van der Waals surface area contributed by atoms with Gasteiger partial charge in [0.05, 0.1) is 0 Å². The molecule has 0 fully saturated rings. The Balaban J connectivity index is 1.93. The van der Waals surface area contributed by atoms with Crippen molar-refractivity contribution in [3.63, 3.8) is 0 Å². The summed E-state index contributed by atoms with van der Waals surface area (Å²) in [5.41, 5.74) is 1.20. The standard InChI is InChI=1S/C15H17FN4O/c1-10(2)18-15(21)13-7-8-14(20-19-13)17-9-11-3-5-12(16)6-4-11/h3-8,10H,9H2,1-2H3,(H,17,20)(H,18,21). The van der Waals surface area contributed by atoms with Gasteiger partial charge < -0.3 is 10.6 Å². The maximum absolute atomic E-state index is 12.8. The molecule has 0 aliphatic carbocycles. The molecule has 6 heteroatoms. The first-order valence-corrected chi connectivity index (χ1v) is 6.67. The van der Waals surface area contributed by atoms with Gasteiger partial charge >= 0.3 is 0 Å². The van der Waals surface area contributed by atoms with Gasteiger partial charge in [-0.1, -0.05) is 12.1 Å². The molecule has 1 aromatic carbocycles. The smallest absolute Gasteiger partial charge is 0.271 e. The highest BCUT2D eigenvalue weighted by atomic mass is 19.1. The Kier molecular flexibility index (Phi) is 4.81. The van der Waals surface area contributed by atoms with Crippen molar-refractivity contribution in [3.05, 3.63) is 53.5 Å². The van der Waals surface area contributed by atoms with Crippen LogP contribution in [0.5, 0.6) is 0 Å². The van der Waals surface area contributed by atoms with Crippen molar-refractivity contribution in [2.45, 2.75) is 26.4 Å². The number of hydrogen-bond acceptors (Lipinski definition) is 4. The van der Waals surface area contributed by atoms with E-state index in [0.29, 0.717) is 12.4 Å². The number of aromatic nitrogens is 2. The summed E-state index contributed by atoms with van der Waals surface area (Å²) in [4.78, 5) is 11.7. The van der Waals surface area contributed by atoms with Gasteiger partial charge in [0, 0.05) is 12.6 Å². The first-order valence-electron chi connectivity index (χ1n) is 6.67. The number of nitrogens with zero attached hydrogens (tertiary/aromatic N) is 2. The Morgan fingerprint density at radius 2 is 1.86 bits per heavy atom. The van der Waals surface area contributed by atoms with Crippen LogP contribution in [0.15, 0.2) is 36.4 Å². The quantitative estimate of drug-likeness (QED) is 0.886. The van der Waals surface area contributed by atoms with Crippen molar-refractivity contribution in [1.82, 2.24) is 15.5 Å². The van der Waals surface area contributed by atoms with Crippen molar-refractivity contribution in [3.8, 4) is 0 Å². The first kappa shape index (κ1) is 14.9. The molecule has 2 N–H and O–H groups in total. The highest BCUT2D eigenvalue weighted by Gasteiger charge is 2.08. The van der Waals surface area contributed by atoms with Crippen LogP contribution in [0.25, 0.3) is 0 Å². The van der Waals surface area contributed by atoms with Gasteiger partial charge in [0.1, 0.15) is 11.6 Å². The minimum absolute atomic E-state index is 0.0515. The predicted octanol–water partition coefficient (Wildman–Crippen LogP) is 2.37. The molecule has 1 aromatic heterocycles. The summed E-state index contributed by atoms with van der Waals surface area (Å²) in [7, 11) is 0. The van der Waals surface area contributed by atoms with Crippen LogP contribution in [0.1, 0.15) is 29.9 Å². The average molecular weight is 288 g/mol. The normalized spacial score (nSPS) is 10.5. The molecule has 2 rings (SSSR count). The number of nitrogens with one attached hydrogen (secondary N) is 2. The van der Waals surface area contributed by atoms with Crippen molar-refractivity contribution >= 4 is 11.7 Å². The molecule has 5 nitrogen and oxygen atoms in total. The Hall–Kier alpha value is -2.50. The van der Waals surface area contributed by atoms with E-state index in [1.54, 1.807) is 24.3 Å². The summed E-state index contributed by atoms with van der Waals surface area (Å²) in [6.45, 7) is 4.26. The molecule has 0 aliphatic rings. The molecule has 0 saturated carbocycles. The molecule has 0 aliphatic heterocycles. The summed E-state index contributed by atoms with van der Waals surface area (Å²) < 4.78 is 12.8. The number of benzene rings is 1. The SMILES string of the molecule is CC(C)NC(=O)c1ccc(NCc2ccc(F)cc2)nn1. The minimum Gasteiger partial charge on any atom is -0.365 e. The van der Waals surface area contributed by atoms with Crippen LogP contribution in [0.4, 0.5) is 10.2 Å². The van der Waals surface area contributed by atoms with Crippen LogP contribution in [0, 0.1) is 5.82 Å². The molecule has 0 atom stereocenters. The van der Waals surface area contributed by atoms with Crippen LogP contribution in [-0.4, -0.2) is 22.1 Å². The molecular formula is C15H17FN4O. The summed E-state index contributed by atoms with van der Waals surface area (Å²) in [5, 5.41) is 13.6. The lowest BCUT2D eigenvalue weighted by molar-refractivity contribution is 0.0937. The molecule has 0 unspecified atom stereocenters. The van der Waals surface area contributed by atoms with Crippen molar-refractivity contribution in [1.29, 1.82) is 0 Å². The second-order valence-corrected chi connectivity index (χ2v) is 4.91. The minimum atomic E-state index is -0.265. The van der Waals surface area contributed by atoms with Gasteiger partial charge in [-0.2, -0.15) is 0 Å². The monoisotopic (exact) mass is 288 g/mol. The average Bonchev–Trinajstić information content (AvgIpc) is 2.46. The van der Waals surface area contributed by atoms with Crippen LogP contribution in [0.3, 0.4) is 0 Å². The van der Waals surface area contributed by atoms with E-state index in [0.717, 1.165) is 5.56 Å². The molecular weight excluding hydrogens is 271 g/mol. The zero-order chi connectivity index (χ0) is 15.2. The fraction of sp³-hybridized carbons (Fsp3) is 0.267. The fourth-order valence-electron chi connectivity index (χ4n) is 1.68. The number of carbonyl (C=O) groups excluding carboxylic acids is 1. The number of amides is 1. The number of rotatable bonds is 5. The number of halogens is 1. The van der Waals surface area contributed by atoms with E-state index in [4.69, 9.17) is 0 Å². The predicted molar refractivity (Wildman–Crippen MR) is 78.4 cm³/mol. The summed E-state index contributed by atoms with van der Waals surface area (Å²) in [6, 6.07) is 9.55. The number of hydrogen-bond donors (Lipinski definition) is 2. The lowest BCUT2D eigenvalue weighted by atomic mass is 10.2. The third-order valence-corrected chi connectivity index (χ3v) is 2.70. The molecule has 0 saturated heterocycles. The number of carbonyl (C=O) groups is 1. The fourth-order valence-corrected chi connectivity index (χ4v) is 1.68. The van der Waals surface area contributed by atoms with Crippen LogP contribution >= 0.6 is 0 Å². The molecule has 0 radical (unpaired) electrons. The van der Waals surface area contributed by atoms with Crippen molar-refractivity contribution in [2.75, 3.05) is 5.32 Å². The Morgan fingerprint density at radius 1 is 1.14 bits per heavy atom. The molecule has 1 heterocycles. The molecule has 2 aromatic rings. The van der Waals surface area contributed by atoms with Crippen LogP contribution in [0.2, 0.25) is 0 Å². The maximum Gasteiger partial charge on any atom is 0.271 e. The lowest BCUT2D eigenvalue weighted by Gasteiger charge is -2.08. The van der Waals surface area contributed by atoms with Gasteiger partial charge in [-0.25, -0.2) is 4.39 Å². The Bertz CT molecular complexity index is 596. The van der Waals surface area contributed by atoms with E-state index in [1.165, 1.54) is 12.1 Å². The Labute approximate surface area is 122 Å². The first-order chi connectivity index (χ1) is 10.0. The van der Waals surface area contributed by atoms with E-state index in [-0.39, 0.29) is 23.5 Å². The third kappa shape index (κ3) is 4.52. The highest BCUT2D eigenvalue weighted by molar-refractivity contribution is 5.92. The zero-order valence-electron chi connectivity index (χ0n) is 11.9. The maximum atomic E-state index is 12.8. The molecule has 0 bridgehead atoms. The molecule has 0 spiro atoms. The summed E-state index contributed by atoms with van der Waals surface area (Å²) >= 11 is 0. The van der Waals surface area contributed by atoms with Gasteiger partial charge in [-0.05, 0) is 43.7 Å². The number of anilines is 1. The third-order valence-electron chi connectivity index (χ3n) is 2.70. The van der Waals surface area contributed by atoms with E-state index >= 15 is 0 Å². The highest BCUT2D eigenvalue weighted by Crippen LogP contribution is 2.07. The van der Waals surface area contributed by atoms with Crippen LogP contribution in [-0.2, 0) is 6.54 Å². The van der Waals surface area contributed by atoms with E-state index in [2.05, 4.69) is 20.8 Å². The van der Waals surface area contributed by atoms with Gasteiger partial charge in [-0.3, -0.25) is 4.79 Å². The van der Waals surface area contributed by atoms with Crippen molar-refractivity contribution in [2.24, 2.45) is 0 Å². The molecule has 1 amide bonds.